The van der Waals surface area contributed by atoms with Crippen LogP contribution < -0.4 is 5.32 Å². The molecule has 0 saturated heterocycles. The van der Waals surface area contributed by atoms with E-state index in [0.29, 0.717) is 12.5 Å². The maximum absolute atomic E-state index is 11.4. The van der Waals surface area contributed by atoms with E-state index in [0.717, 1.165) is 17.7 Å². The van der Waals surface area contributed by atoms with Gasteiger partial charge in [0.05, 0.1) is 13.2 Å². The number of nitrogens with zero attached hydrogens (tertiary/aromatic N) is 1. The second-order valence-corrected chi connectivity index (χ2v) is 4.46. The van der Waals surface area contributed by atoms with Crippen molar-refractivity contribution in [3.05, 3.63) is 0 Å². The van der Waals surface area contributed by atoms with Crippen LogP contribution >= 0.6 is 0 Å². The van der Waals surface area contributed by atoms with Crippen molar-refractivity contribution in [2.24, 2.45) is 5.92 Å². The average molecular weight is 272 g/mol. The fourth-order valence-electron chi connectivity index (χ4n) is 1.29. The first-order valence-corrected chi connectivity index (χ1v) is 6.33. The van der Waals surface area contributed by atoms with E-state index in [1.807, 2.05) is 0 Å². The maximum Gasteiger partial charge on any atom is 0.409 e. The lowest BCUT2D eigenvalue weighted by Gasteiger charge is -2.15. The Morgan fingerprint density at radius 2 is 1.95 bits per heavy atom. The molecule has 7 heteroatoms. The molecular weight excluding hydrogens is 252 g/mol. The molecule has 1 N–H and O–H groups in total. The van der Waals surface area contributed by atoms with E-state index in [9.17, 15) is 14.4 Å². The Morgan fingerprint density at radius 1 is 1.26 bits per heavy atom. The zero-order valence-electron chi connectivity index (χ0n) is 11.3. The molecule has 19 heavy (non-hydrogen) atoms. The summed E-state index contributed by atoms with van der Waals surface area (Å²) in [5.74, 6) is -0.396. The van der Waals surface area contributed by atoms with Crippen molar-refractivity contribution in [2.45, 2.75) is 19.8 Å². The van der Waals surface area contributed by atoms with Crippen LogP contribution in [-0.2, 0) is 19.1 Å². The maximum atomic E-state index is 11.4. The Morgan fingerprint density at radius 3 is 2.53 bits per heavy atom. The van der Waals surface area contributed by atoms with E-state index in [-0.39, 0.29) is 19.7 Å². The lowest BCUT2D eigenvalue weighted by atomic mass is 10.4. The summed E-state index contributed by atoms with van der Waals surface area (Å²) in [5.41, 5.74) is 0. The minimum Gasteiger partial charge on any atom is -0.464 e. The van der Waals surface area contributed by atoms with Crippen LogP contribution in [0.4, 0.5) is 4.79 Å². The van der Waals surface area contributed by atoms with Gasteiger partial charge in [-0.15, -0.1) is 0 Å². The summed E-state index contributed by atoms with van der Waals surface area (Å²) < 4.78 is 9.67. The van der Waals surface area contributed by atoms with Gasteiger partial charge in [0, 0.05) is 7.05 Å². The van der Waals surface area contributed by atoms with Gasteiger partial charge >= 0.3 is 12.1 Å². The Hall–Kier alpha value is -1.79. The molecule has 0 atom stereocenters. The van der Waals surface area contributed by atoms with E-state index in [4.69, 9.17) is 9.47 Å². The summed E-state index contributed by atoms with van der Waals surface area (Å²) in [6, 6.07) is 0. The lowest BCUT2D eigenvalue weighted by Crippen LogP contribution is -2.40. The Balaban J connectivity index is 2.11. The zero-order chi connectivity index (χ0) is 14.3. The molecule has 1 saturated carbocycles. The molecule has 0 aliphatic heterocycles. The molecule has 7 nitrogen and oxygen atoms in total. The second-order valence-electron chi connectivity index (χ2n) is 4.46. The van der Waals surface area contributed by atoms with Gasteiger partial charge in [-0.05, 0) is 25.7 Å². The van der Waals surface area contributed by atoms with Crippen LogP contribution in [0.2, 0.25) is 0 Å². The van der Waals surface area contributed by atoms with E-state index < -0.39 is 18.0 Å². The van der Waals surface area contributed by atoms with Gasteiger partial charge in [0.15, 0.2) is 0 Å². The van der Waals surface area contributed by atoms with Gasteiger partial charge in [0.1, 0.15) is 13.1 Å². The number of carbonyl (C=O) groups excluding carboxylic acids is 3. The quantitative estimate of drug-likeness (QED) is 0.667. The first kappa shape index (κ1) is 15.3. The zero-order valence-corrected chi connectivity index (χ0v) is 11.3. The third-order valence-corrected chi connectivity index (χ3v) is 2.57. The molecule has 0 spiro atoms. The molecular formula is C12H20N2O5. The highest BCUT2D eigenvalue weighted by molar-refractivity contribution is 5.85. The third-order valence-electron chi connectivity index (χ3n) is 2.57. The van der Waals surface area contributed by atoms with Crippen LogP contribution in [0.15, 0.2) is 0 Å². The van der Waals surface area contributed by atoms with Gasteiger partial charge in [0.2, 0.25) is 5.91 Å². The van der Waals surface area contributed by atoms with Crippen LogP contribution in [0, 0.1) is 5.92 Å². The second kappa shape index (κ2) is 7.60. The number of amides is 2. The predicted molar refractivity (Wildman–Crippen MR) is 66.3 cm³/mol. The smallest absolute Gasteiger partial charge is 0.409 e. The number of ether oxygens (including phenoxy) is 2. The minimum atomic E-state index is -0.575. The summed E-state index contributed by atoms with van der Waals surface area (Å²) >= 11 is 0. The summed E-state index contributed by atoms with van der Waals surface area (Å²) in [4.78, 5) is 35.1. The SMILES string of the molecule is CCOC(=O)N(C)CC(=O)NCC(=O)OCC1CC1. The van der Waals surface area contributed by atoms with E-state index >= 15 is 0 Å². The van der Waals surface area contributed by atoms with E-state index in [1.54, 1.807) is 6.92 Å². The number of hydrogen-bond acceptors (Lipinski definition) is 5. The van der Waals surface area contributed by atoms with Crippen LogP contribution in [-0.4, -0.2) is 56.2 Å². The molecule has 0 aromatic rings. The summed E-state index contributed by atoms with van der Waals surface area (Å²) in [6.07, 6.45) is 1.63. The molecule has 1 aliphatic carbocycles. The summed E-state index contributed by atoms with van der Waals surface area (Å²) in [7, 11) is 1.45. The van der Waals surface area contributed by atoms with Gasteiger partial charge in [-0.3, -0.25) is 9.59 Å². The Bertz CT molecular complexity index is 341. The molecule has 1 rings (SSSR count). The highest BCUT2D eigenvalue weighted by Gasteiger charge is 2.23. The fourth-order valence-corrected chi connectivity index (χ4v) is 1.29. The minimum absolute atomic E-state index is 0.158. The van der Waals surface area contributed by atoms with Gasteiger partial charge in [0.25, 0.3) is 0 Å². The molecule has 0 aromatic carbocycles. The Labute approximate surface area is 112 Å². The van der Waals surface area contributed by atoms with Crippen molar-refractivity contribution in [3.63, 3.8) is 0 Å². The first-order chi connectivity index (χ1) is 9.02. The molecule has 1 aliphatic rings. The van der Waals surface area contributed by atoms with Crippen LogP contribution in [0.1, 0.15) is 19.8 Å². The van der Waals surface area contributed by atoms with Crippen LogP contribution in [0.3, 0.4) is 0 Å². The van der Waals surface area contributed by atoms with Crippen LogP contribution in [0.5, 0.6) is 0 Å². The van der Waals surface area contributed by atoms with Crippen molar-refractivity contribution in [2.75, 3.05) is 33.4 Å². The van der Waals surface area contributed by atoms with E-state index in [2.05, 4.69) is 5.32 Å². The molecule has 0 bridgehead atoms. The van der Waals surface area contributed by atoms with Gasteiger partial charge in [-0.2, -0.15) is 0 Å². The monoisotopic (exact) mass is 272 g/mol. The number of nitrogens with one attached hydrogen (secondary N) is 1. The van der Waals surface area contributed by atoms with Crippen molar-refractivity contribution >= 4 is 18.0 Å². The molecule has 0 heterocycles. The molecule has 2 amide bonds. The summed E-state index contributed by atoms with van der Waals surface area (Å²) in [6.45, 7) is 2.02. The number of likely N-dealkylation sites (N-methyl/N-ethyl adjacent to an activating group) is 1. The third kappa shape index (κ3) is 6.64. The van der Waals surface area contributed by atoms with Crippen molar-refractivity contribution in [1.82, 2.24) is 10.2 Å². The van der Waals surface area contributed by atoms with Crippen molar-refractivity contribution < 1.29 is 23.9 Å². The first-order valence-electron chi connectivity index (χ1n) is 6.33. The van der Waals surface area contributed by atoms with Crippen molar-refractivity contribution in [1.29, 1.82) is 0 Å². The standard InChI is InChI=1S/C12H20N2O5/c1-3-18-12(17)14(2)7-10(15)13-6-11(16)19-8-9-4-5-9/h9H,3-8H2,1-2H3,(H,13,15). The molecule has 1 fully saturated rings. The molecule has 108 valence electrons. The fraction of sp³-hybridized carbons (Fsp3) is 0.750. The molecule has 0 unspecified atom stereocenters. The average Bonchev–Trinajstić information content (AvgIpc) is 3.18. The normalized spacial score (nSPS) is 13.6. The number of esters is 1. The van der Waals surface area contributed by atoms with E-state index in [1.165, 1.54) is 7.05 Å². The topological polar surface area (TPSA) is 84.9 Å². The predicted octanol–water partition coefficient (Wildman–Crippen LogP) is 0.144. The lowest BCUT2D eigenvalue weighted by molar-refractivity contribution is -0.144. The summed E-state index contributed by atoms with van der Waals surface area (Å²) in [5, 5.41) is 2.39. The molecule has 0 aromatic heterocycles. The Kier molecular flexibility index (Phi) is 6.11. The van der Waals surface area contributed by atoms with Gasteiger partial charge in [-0.1, -0.05) is 0 Å². The number of hydrogen-bond donors (Lipinski definition) is 1. The van der Waals surface area contributed by atoms with Gasteiger partial charge < -0.3 is 19.7 Å². The largest absolute Gasteiger partial charge is 0.464 e. The highest BCUT2D eigenvalue weighted by atomic mass is 16.6. The van der Waals surface area contributed by atoms with Crippen molar-refractivity contribution in [3.8, 4) is 0 Å². The number of carbonyl (C=O) groups is 3. The number of rotatable bonds is 7. The van der Waals surface area contributed by atoms with Gasteiger partial charge in [-0.25, -0.2) is 4.79 Å². The van der Waals surface area contributed by atoms with Crippen LogP contribution in [0.25, 0.3) is 0 Å². The highest BCUT2D eigenvalue weighted by Crippen LogP contribution is 2.28. The molecule has 0 radical (unpaired) electrons.